The highest BCUT2D eigenvalue weighted by atomic mass is 32.2. The second kappa shape index (κ2) is 10.5. The van der Waals surface area contributed by atoms with E-state index in [2.05, 4.69) is 10.1 Å². The Morgan fingerprint density at radius 3 is 2.55 bits per heavy atom. The lowest BCUT2D eigenvalue weighted by molar-refractivity contribution is 0.0691. The molecule has 3 aromatic heterocycles. The zero-order valence-corrected chi connectivity index (χ0v) is 23.8. The molecule has 0 atom stereocenters. The van der Waals surface area contributed by atoms with Crippen LogP contribution in [-0.4, -0.2) is 44.0 Å². The highest BCUT2D eigenvalue weighted by Gasteiger charge is 2.29. The summed E-state index contributed by atoms with van der Waals surface area (Å²) >= 11 is 1.08. The van der Waals surface area contributed by atoms with E-state index in [0.717, 1.165) is 30.2 Å². The molecule has 0 amide bonds. The van der Waals surface area contributed by atoms with Crippen molar-refractivity contribution in [2.45, 2.75) is 30.6 Å². The number of carbonyl (C=O) groups is 1. The van der Waals surface area contributed by atoms with Gasteiger partial charge in [-0.2, -0.15) is 10.2 Å². The molecule has 0 unspecified atom stereocenters. The molecule has 1 saturated carbocycles. The van der Waals surface area contributed by atoms with E-state index in [-0.39, 0.29) is 33.3 Å². The zero-order valence-electron chi connectivity index (χ0n) is 22.2. The number of aromatic carboxylic acids is 1. The van der Waals surface area contributed by atoms with Crippen LogP contribution in [0.5, 0.6) is 0 Å². The maximum atomic E-state index is 15.3. The third-order valence-corrected chi connectivity index (χ3v) is 8.84. The van der Waals surface area contributed by atoms with Crippen LogP contribution in [0.3, 0.4) is 0 Å². The zero-order chi connectivity index (χ0) is 29.8. The lowest BCUT2D eigenvalue weighted by atomic mass is 9.95. The van der Waals surface area contributed by atoms with E-state index >= 15 is 8.78 Å². The topological polar surface area (TPSA) is 146 Å². The van der Waals surface area contributed by atoms with Gasteiger partial charge in [-0.05, 0) is 61.1 Å². The summed E-state index contributed by atoms with van der Waals surface area (Å²) in [4.78, 5) is 15.5. The number of sulfonamides is 1. The van der Waals surface area contributed by atoms with Gasteiger partial charge in [0, 0.05) is 47.3 Å². The van der Waals surface area contributed by atoms with Crippen LogP contribution >= 0.6 is 11.3 Å². The fourth-order valence-corrected chi connectivity index (χ4v) is 6.11. The van der Waals surface area contributed by atoms with Crippen molar-refractivity contribution in [1.29, 1.82) is 0 Å². The largest absolute Gasteiger partial charge is 0.476 e. The number of carboxylic acid groups (broad SMARTS) is 1. The summed E-state index contributed by atoms with van der Waals surface area (Å²) in [5, 5.41) is 25.4. The molecule has 3 heterocycles. The minimum Gasteiger partial charge on any atom is -0.476 e. The van der Waals surface area contributed by atoms with Gasteiger partial charge in [0.25, 0.3) is 0 Å². The van der Waals surface area contributed by atoms with Gasteiger partial charge in [0.2, 0.25) is 15.2 Å². The molecule has 0 aliphatic heterocycles. The first-order valence-corrected chi connectivity index (χ1v) is 15.3. The molecule has 0 bridgehead atoms. The highest BCUT2D eigenvalue weighted by Crippen LogP contribution is 2.39. The molecule has 3 N–H and O–H groups in total. The van der Waals surface area contributed by atoms with E-state index in [1.165, 1.54) is 28.3 Å². The summed E-state index contributed by atoms with van der Waals surface area (Å²) in [7, 11) is -2.38. The maximum Gasteiger partial charge on any atom is 0.355 e. The van der Waals surface area contributed by atoms with Crippen LogP contribution in [0.1, 0.15) is 40.2 Å². The summed E-state index contributed by atoms with van der Waals surface area (Å²) in [6.07, 6.45) is 5.88. The summed E-state index contributed by atoms with van der Waals surface area (Å²) in [6.45, 7) is 0. The SMILES string of the molecule is Cn1cc(-c2cc(-c3c(Cc4ccc(S(N)(=O)=O)cc4F)c(CC4CC4)nn3-c3nc(C(=O)O)cs3)ccc2F)cn1. The molecule has 42 heavy (non-hydrogen) atoms. The minimum atomic E-state index is -4.11. The number of halogens is 2. The molecular weight excluding hydrogens is 586 g/mol. The predicted octanol–water partition coefficient (Wildman–Crippen LogP) is 4.56. The van der Waals surface area contributed by atoms with Crippen LogP contribution in [-0.2, 0) is 29.9 Å². The molecule has 1 aliphatic rings. The number of nitrogens with zero attached hydrogens (tertiary/aromatic N) is 5. The average Bonchev–Trinajstić information content (AvgIpc) is 3.29. The molecule has 10 nitrogen and oxygen atoms in total. The van der Waals surface area contributed by atoms with Crippen molar-refractivity contribution in [2.24, 2.45) is 18.1 Å². The predicted molar refractivity (Wildman–Crippen MR) is 151 cm³/mol. The standard InChI is InChI=1S/C28H24F2N6O4S2/c1-35-13-18(12-32-35)20-10-17(5-7-22(20)29)26-21(9-16-4-6-19(11-23(16)30)42(31,39)40)24(8-15-2-3-15)34-36(26)28-33-25(14-41-28)27(37)38/h4-7,10-15H,2-3,8-9H2,1H3,(H,37,38)(H2,31,39,40). The van der Waals surface area contributed by atoms with Crippen molar-refractivity contribution in [2.75, 3.05) is 0 Å². The van der Waals surface area contributed by atoms with Gasteiger partial charge in [0.05, 0.1) is 22.5 Å². The molecule has 1 aliphatic carbocycles. The first-order chi connectivity index (χ1) is 20.0. The number of benzene rings is 2. The van der Waals surface area contributed by atoms with E-state index in [9.17, 15) is 18.3 Å². The third-order valence-electron chi connectivity index (χ3n) is 7.11. The molecule has 1 fully saturated rings. The van der Waals surface area contributed by atoms with Crippen molar-refractivity contribution in [3.8, 4) is 27.5 Å². The van der Waals surface area contributed by atoms with Gasteiger partial charge in [-0.3, -0.25) is 4.68 Å². The molecule has 14 heteroatoms. The second-order valence-electron chi connectivity index (χ2n) is 10.2. The molecular formula is C28H24F2N6O4S2. The van der Waals surface area contributed by atoms with E-state index in [1.54, 1.807) is 36.3 Å². The Morgan fingerprint density at radius 2 is 1.93 bits per heavy atom. The van der Waals surface area contributed by atoms with Gasteiger partial charge in [0.15, 0.2) is 5.69 Å². The summed E-state index contributed by atoms with van der Waals surface area (Å²) < 4.78 is 57.0. The first-order valence-electron chi connectivity index (χ1n) is 12.9. The van der Waals surface area contributed by atoms with Crippen LogP contribution in [0.15, 0.2) is 59.1 Å². The number of rotatable bonds is 9. The smallest absolute Gasteiger partial charge is 0.355 e. The van der Waals surface area contributed by atoms with Crippen molar-refractivity contribution >= 4 is 27.3 Å². The second-order valence-corrected chi connectivity index (χ2v) is 12.6. The molecule has 216 valence electrons. The van der Waals surface area contributed by atoms with Crippen LogP contribution in [0.25, 0.3) is 27.5 Å². The van der Waals surface area contributed by atoms with Crippen molar-refractivity contribution in [1.82, 2.24) is 24.5 Å². The summed E-state index contributed by atoms with van der Waals surface area (Å²) in [6, 6.07) is 8.06. The van der Waals surface area contributed by atoms with Crippen molar-refractivity contribution in [3.63, 3.8) is 0 Å². The Labute approximate surface area is 243 Å². The number of aryl methyl sites for hydroxylation is 1. The summed E-state index contributed by atoms with van der Waals surface area (Å²) in [5.41, 5.74) is 3.25. The van der Waals surface area contributed by atoms with Crippen LogP contribution in [0.4, 0.5) is 8.78 Å². The van der Waals surface area contributed by atoms with Gasteiger partial charge < -0.3 is 5.11 Å². The Morgan fingerprint density at radius 1 is 1.14 bits per heavy atom. The number of primary sulfonamides is 1. The normalized spacial score (nSPS) is 13.5. The number of thiazole rings is 1. The van der Waals surface area contributed by atoms with Gasteiger partial charge in [-0.1, -0.05) is 6.07 Å². The van der Waals surface area contributed by atoms with Gasteiger partial charge in [-0.25, -0.2) is 36.8 Å². The highest BCUT2D eigenvalue weighted by molar-refractivity contribution is 7.89. The number of hydrogen-bond donors (Lipinski definition) is 2. The number of nitrogens with two attached hydrogens (primary N) is 1. The summed E-state index contributed by atoms with van der Waals surface area (Å²) in [5.74, 6) is -2.03. The molecule has 6 rings (SSSR count). The molecule has 2 aromatic carbocycles. The number of hydrogen-bond acceptors (Lipinski definition) is 7. The van der Waals surface area contributed by atoms with E-state index in [0.29, 0.717) is 40.4 Å². The van der Waals surface area contributed by atoms with Crippen LogP contribution in [0.2, 0.25) is 0 Å². The van der Waals surface area contributed by atoms with Gasteiger partial charge in [0.1, 0.15) is 11.6 Å². The van der Waals surface area contributed by atoms with Gasteiger partial charge in [-0.15, -0.1) is 11.3 Å². The Kier molecular flexibility index (Phi) is 6.99. The average molecular weight is 611 g/mol. The fraction of sp³-hybridized carbons (Fsp3) is 0.214. The minimum absolute atomic E-state index is 0.0326. The molecule has 5 aromatic rings. The van der Waals surface area contributed by atoms with Crippen molar-refractivity contribution < 1.29 is 27.1 Å². The Hall–Kier alpha value is -4.27. The first kappa shape index (κ1) is 27.9. The molecule has 0 radical (unpaired) electrons. The maximum absolute atomic E-state index is 15.3. The lowest BCUT2D eigenvalue weighted by Gasteiger charge is -2.12. The van der Waals surface area contributed by atoms with Crippen LogP contribution in [0, 0.1) is 17.6 Å². The Bertz CT molecular complexity index is 1960. The van der Waals surface area contributed by atoms with E-state index in [4.69, 9.17) is 10.2 Å². The van der Waals surface area contributed by atoms with Crippen molar-refractivity contribution in [3.05, 3.63) is 88.3 Å². The fourth-order valence-electron chi connectivity index (χ4n) is 4.83. The third kappa shape index (κ3) is 5.47. The van der Waals surface area contributed by atoms with Crippen LogP contribution < -0.4 is 5.14 Å². The molecule has 0 spiro atoms. The van der Waals surface area contributed by atoms with Gasteiger partial charge >= 0.3 is 5.97 Å². The van der Waals surface area contributed by atoms with E-state index < -0.39 is 27.6 Å². The Balaban J connectivity index is 1.57. The lowest BCUT2D eigenvalue weighted by Crippen LogP contribution is -2.12. The number of aromatic nitrogens is 5. The quantitative estimate of drug-likeness (QED) is 0.249. The van der Waals surface area contributed by atoms with E-state index in [1.807, 2.05) is 0 Å². The molecule has 0 saturated heterocycles. The monoisotopic (exact) mass is 610 g/mol. The number of carboxylic acids is 1.